The van der Waals surface area contributed by atoms with Crippen molar-refractivity contribution in [1.82, 2.24) is 0 Å². The summed E-state index contributed by atoms with van der Waals surface area (Å²) in [5.41, 5.74) is -9.01. The van der Waals surface area contributed by atoms with Crippen LogP contribution in [0.25, 0.3) is 0 Å². The molecule has 2 saturated carbocycles. The van der Waals surface area contributed by atoms with Gasteiger partial charge in [-0.05, 0) is 36.5 Å². The summed E-state index contributed by atoms with van der Waals surface area (Å²) in [5.74, 6) is -2.77. The maximum Gasteiger partial charge on any atom is 0.429 e. The molecule has 1 N–H and O–H groups in total. The first kappa shape index (κ1) is 15.9. The Bertz CT molecular complexity index is 386. The largest absolute Gasteiger partial charge is 0.429 e. The van der Waals surface area contributed by atoms with Crippen LogP contribution < -0.4 is 0 Å². The zero-order chi connectivity index (χ0) is 15.7. The van der Waals surface area contributed by atoms with Gasteiger partial charge in [0.05, 0.1) is 0 Å². The first-order chi connectivity index (χ1) is 8.77. The van der Waals surface area contributed by atoms with E-state index >= 15 is 0 Å². The Balaban J connectivity index is 2.52. The van der Waals surface area contributed by atoms with Crippen LogP contribution in [0, 0.1) is 23.7 Å². The third-order valence-electron chi connectivity index (χ3n) is 5.33. The Morgan fingerprint density at radius 2 is 1.40 bits per heavy atom. The van der Waals surface area contributed by atoms with Crippen LogP contribution in [0.1, 0.15) is 26.7 Å². The number of hydrogen-bond acceptors (Lipinski definition) is 1. The normalized spacial score (nSPS) is 42.3. The minimum Gasteiger partial charge on any atom is -0.371 e. The van der Waals surface area contributed by atoms with Crippen molar-refractivity contribution < 1.29 is 35.8 Å². The summed E-state index contributed by atoms with van der Waals surface area (Å²) in [5, 5.41) is 9.34. The first-order valence-corrected chi connectivity index (χ1v) is 6.32. The van der Waals surface area contributed by atoms with Gasteiger partial charge in [-0.2, -0.15) is 26.3 Å². The molecule has 0 radical (unpaired) electrons. The zero-order valence-electron chi connectivity index (χ0n) is 10.8. The molecule has 1 nitrogen and oxygen atoms in total. The first-order valence-electron chi connectivity index (χ1n) is 6.32. The van der Waals surface area contributed by atoms with E-state index in [1.165, 1.54) is 6.92 Å². The predicted molar refractivity (Wildman–Crippen MR) is 55.4 cm³/mol. The second-order valence-electron chi connectivity index (χ2n) is 6.09. The number of alkyl halides is 7. The average molecular weight is 308 g/mol. The fourth-order valence-electron chi connectivity index (χ4n) is 4.00. The number of halogens is 7. The molecule has 0 saturated heterocycles. The van der Waals surface area contributed by atoms with Crippen LogP contribution in [0.2, 0.25) is 0 Å². The quantitative estimate of drug-likeness (QED) is 0.729. The highest BCUT2D eigenvalue weighted by atomic mass is 19.4. The van der Waals surface area contributed by atoms with Gasteiger partial charge in [-0.1, -0.05) is 13.8 Å². The summed E-state index contributed by atoms with van der Waals surface area (Å²) in [4.78, 5) is 0. The van der Waals surface area contributed by atoms with Crippen LogP contribution in [0.4, 0.5) is 30.7 Å². The molecule has 2 rings (SSSR count). The van der Waals surface area contributed by atoms with Gasteiger partial charge in [0.25, 0.3) is 5.60 Å². The Labute approximate surface area is 111 Å². The van der Waals surface area contributed by atoms with Crippen molar-refractivity contribution >= 4 is 0 Å². The highest BCUT2D eigenvalue weighted by Gasteiger charge is 2.84. The van der Waals surface area contributed by atoms with Crippen LogP contribution in [0.15, 0.2) is 0 Å². The van der Waals surface area contributed by atoms with E-state index in [1.54, 1.807) is 6.92 Å². The molecule has 2 aliphatic rings. The molecule has 0 spiro atoms. The third kappa shape index (κ3) is 1.66. The van der Waals surface area contributed by atoms with E-state index in [0.717, 1.165) is 0 Å². The molecule has 2 fully saturated rings. The van der Waals surface area contributed by atoms with Crippen molar-refractivity contribution in [2.45, 2.75) is 50.3 Å². The summed E-state index contributed by atoms with van der Waals surface area (Å²) in [7, 11) is 0. The van der Waals surface area contributed by atoms with Crippen molar-refractivity contribution in [3.63, 3.8) is 0 Å². The SMILES string of the molecule is CC1C2CC(C1C)C(F)(C(O)(C(F)(F)F)C(F)(F)F)C2. The van der Waals surface area contributed by atoms with Crippen molar-refractivity contribution in [1.29, 1.82) is 0 Å². The van der Waals surface area contributed by atoms with Gasteiger partial charge in [0, 0.05) is 0 Å². The molecule has 2 bridgehead atoms. The van der Waals surface area contributed by atoms with Gasteiger partial charge < -0.3 is 5.11 Å². The molecule has 0 heterocycles. The van der Waals surface area contributed by atoms with Crippen molar-refractivity contribution in [3.8, 4) is 0 Å². The lowest BCUT2D eigenvalue weighted by atomic mass is 9.66. The van der Waals surface area contributed by atoms with Gasteiger partial charge >= 0.3 is 12.4 Å². The molecule has 2 aliphatic carbocycles. The lowest BCUT2D eigenvalue weighted by Gasteiger charge is -2.47. The molecule has 0 aromatic rings. The van der Waals surface area contributed by atoms with Gasteiger partial charge in [-0.25, -0.2) is 4.39 Å². The molecule has 0 aliphatic heterocycles. The summed E-state index contributed by atoms with van der Waals surface area (Å²) in [6.45, 7) is 3.13. The molecule has 0 amide bonds. The fraction of sp³-hybridized carbons (Fsp3) is 1.00. The standard InChI is InChI=1S/C12H15F7O/c1-5-6(2)8-3-7(5)4-9(8,13)10(20,11(14,15)16)12(17,18)19/h5-8,20H,3-4H2,1-2H3. The van der Waals surface area contributed by atoms with Gasteiger partial charge in [0.1, 0.15) is 0 Å². The second kappa shape index (κ2) is 4.01. The van der Waals surface area contributed by atoms with Crippen molar-refractivity contribution in [3.05, 3.63) is 0 Å². The maximum absolute atomic E-state index is 14.8. The Morgan fingerprint density at radius 3 is 1.70 bits per heavy atom. The van der Waals surface area contributed by atoms with Gasteiger partial charge in [-0.15, -0.1) is 0 Å². The van der Waals surface area contributed by atoms with Crippen LogP contribution >= 0.6 is 0 Å². The second-order valence-corrected chi connectivity index (χ2v) is 6.09. The Morgan fingerprint density at radius 1 is 0.950 bits per heavy atom. The lowest BCUT2D eigenvalue weighted by Crippen LogP contribution is -2.71. The van der Waals surface area contributed by atoms with Gasteiger partial charge in [0.15, 0.2) is 5.67 Å². The molecule has 20 heavy (non-hydrogen) atoms. The Hall–Kier alpha value is -0.530. The van der Waals surface area contributed by atoms with Crippen LogP contribution in [-0.4, -0.2) is 28.7 Å². The predicted octanol–water partition coefficient (Wildman–Crippen LogP) is 3.86. The van der Waals surface area contributed by atoms with Gasteiger partial charge in [-0.3, -0.25) is 0 Å². The summed E-state index contributed by atoms with van der Waals surface area (Å²) < 4.78 is 91.8. The summed E-state index contributed by atoms with van der Waals surface area (Å²) >= 11 is 0. The van der Waals surface area contributed by atoms with Crippen molar-refractivity contribution in [2.75, 3.05) is 0 Å². The minimum absolute atomic E-state index is 0.0483. The summed E-state index contributed by atoms with van der Waals surface area (Å²) in [6, 6.07) is 0. The average Bonchev–Trinajstić information content (AvgIpc) is 2.73. The van der Waals surface area contributed by atoms with Crippen LogP contribution in [0.5, 0.6) is 0 Å². The van der Waals surface area contributed by atoms with E-state index in [0.29, 0.717) is 0 Å². The molecular formula is C12H15F7O. The summed E-state index contributed by atoms with van der Waals surface area (Å²) in [6.07, 6.45) is -13.2. The third-order valence-corrected chi connectivity index (χ3v) is 5.33. The van der Waals surface area contributed by atoms with E-state index in [4.69, 9.17) is 0 Å². The smallest absolute Gasteiger partial charge is 0.371 e. The molecule has 5 atom stereocenters. The number of fused-ring (bicyclic) bond motifs is 2. The minimum atomic E-state index is -6.10. The van der Waals surface area contributed by atoms with Crippen LogP contribution in [0.3, 0.4) is 0 Å². The number of aliphatic hydroxyl groups is 1. The monoisotopic (exact) mass is 308 g/mol. The molecule has 0 aromatic carbocycles. The Kier molecular flexibility index (Phi) is 3.18. The van der Waals surface area contributed by atoms with E-state index in [1.807, 2.05) is 0 Å². The highest BCUT2D eigenvalue weighted by molar-refractivity contribution is 5.20. The molecular weight excluding hydrogens is 293 g/mol. The molecule has 5 unspecified atom stereocenters. The number of hydrogen-bond donors (Lipinski definition) is 1. The highest BCUT2D eigenvalue weighted by Crippen LogP contribution is 2.66. The lowest BCUT2D eigenvalue weighted by molar-refractivity contribution is -0.410. The molecule has 0 aromatic heterocycles. The number of rotatable bonds is 1. The molecule has 118 valence electrons. The maximum atomic E-state index is 14.8. The van der Waals surface area contributed by atoms with Crippen molar-refractivity contribution in [2.24, 2.45) is 23.7 Å². The molecule has 8 heteroatoms. The topological polar surface area (TPSA) is 20.2 Å². The van der Waals surface area contributed by atoms with E-state index in [9.17, 15) is 35.8 Å². The van der Waals surface area contributed by atoms with E-state index in [-0.39, 0.29) is 12.3 Å². The van der Waals surface area contributed by atoms with Crippen LogP contribution in [-0.2, 0) is 0 Å². The van der Waals surface area contributed by atoms with Gasteiger partial charge in [0.2, 0.25) is 0 Å². The van der Waals surface area contributed by atoms with E-state index in [2.05, 4.69) is 0 Å². The zero-order valence-corrected chi connectivity index (χ0v) is 10.8. The fourth-order valence-corrected chi connectivity index (χ4v) is 4.00. The van der Waals surface area contributed by atoms with E-state index < -0.39 is 47.8 Å².